The second-order valence-electron chi connectivity index (χ2n) is 7.39. The van der Waals surface area contributed by atoms with Crippen molar-refractivity contribution in [1.82, 2.24) is 16.0 Å². The van der Waals surface area contributed by atoms with Gasteiger partial charge >= 0.3 is 0 Å². The highest BCUT2D eigenvalue weighted by Crippen LogP contribution is 2.19. The molecule has 1 atom stereocenters. The summed E-state index contributed by atoms with van der Waals surface area (Å²) in [6.07, 6.45) is 1.77. The van der Waals surface area contributed by atoms with E-state index >= 15 is 0 Å². The lowest BCUT2D eigenvalue weighted by Gasteiger charge is -2.14. The van der Waals surface area contributed by atoms with Crippen LogP contribution in [0.3, 0.4) is 0 Å². The number of nitrogens with one attached hydrogen (secondary N) is 3. The van der Waals surface area contributed by atoms with Gasteiger partial charge in [-0.25, -0.2) is 0 Å². The van der Waals surface area contributed by atoms with E-state index in [2.05, 4.69) is 46.1 Å². The van der Waals surface area contributed by atoms with Crippen LogP contribution in [0.5, 0.6) is 5.75 Å². The normalized spacial score (nSPS) is 11.8. The Labute approximate surface area is 203 Å². The first-order chi connectivity index (χ1) is 14.5. The van der Waals surface area contributed by atoms with Crippen molar-refractivity contribution in [3.8, 4) is 5.75 Å². The highest BCUT2D eigenvalue weighted by atomic mass is 127. The van der Waals surface area contributed by atoms with Crippen LogP contribution in [0, 0.1) is 6.92 Å². The summed E-state index contributed by atoms with van der Waals surface area (Å²) in [6.45, 7) is 7.44. The minimum atomic E-state index is -0.0396. The molecule has 7 heteroatoms. The Balaban J connectivity index is 0.00000480. The molecule has 2 aromatic rings. The first-order valence-corrected chi connectivity index (χ1v) is 10.4. The van der Waals surface area contributed by atoms with Crippen molar-refractivity contribution < 1.29 is 9.53 Å². The zero-order chi connectivity index (χ0) is 21.9. The molecule has 0 fully saturated rings. The minimum Gasteiger partial charge on any atom is -0.496 e. The molecule has 0 saturated carbocycles. The van der Waals surface area contributed by atoms with E-state index in [-0.39, 0.29) is 35.9 Å². The number of nitrogens with zero attached hydrogens (tertiary/aromatic N) is 1. The molecule has 0 radical (unpaired) electrons. The quantitative estimate of drug-likeness (QED) is 0.256. The standard InChI is InChI=1S/C24H34N4O2.HI/c1-6-18(3)28-23(29)21-9-7-8-20(14-21)16-27-24(25-4)26-13-12-19-11-10-17(2)22(15-19)30-5;/h7-11,14-15,18H,6,12-13,16H2,1-5H3,(H,28,29)(H2,25,26,27);1H. The van der Waals surface area contributed by atoms with E-state index in [0.29, 0.717) is 12.1 Å². The van der Waals surface area contributed by atoms with Gasteiger partial charge in [-0.2, -0.15) is 0 Å². The number of carbonyl (C=O) groups excluding carboxylic acids is 1. The number of guanidine groups is 1. The lowest BCUT2D eigenvalue weighted by Crippen LogP contribution is -2.38. The van der Waals surface area contributed by atoms with Crippen molar-refractivity contribution in [1.29, 1.82) is 0 Å². The molecule has 0 aliphatic rings. The molecule has 6 nitrogen and oxygen atoms in total. The molecule has 0 aliphatic carbocycles. The van der Waals surface area contributed by atoms with Gasteiger partial charge in [-0.1, -0.05) is 31.2 Å². The topological polar surface area (TPSA) is 74.8 Å². The Morgan fingerprint density at radius 2 is 1.90 bits per heavy atom. The molecule has 0 spiro atoms. The van der Waals surface area contributed by atoms with Crippen LogP contribution in [-0.4, -0.2) is 38.6 Å². The summed E-state index contributed by atoms with van der Waals surface area (Å²) in [4.78, 5) is 16.6. The van der Waals surface area contributed by atoms with Gasteiger partial charge in [0.25, 0.3) is 5.91 Å². The van der Waals surface area contributed by atoms with E-state index in [1.807, 2.05) is 38.1 Å². The van der Waals surface area contributed by atoms with Gasteiger partial charge in [0.2, 0.25) is 0 Å². The molecular formula is C24H35IN4O2. The highest BCUT2D eigenvalue weighted by Gasteiger charge is 2.09. The third-order valence-electron chi connectivity index (χ3n) is 5.04. The fourth-order valence-corrected chi connectivity index (χ4v) is 2.98. The maximum atomic E-state index is 12.3. The Morgan fingerprint density at radius 1 is 1.13 bits per heavy atom. The Morgan fingerprint density at radius 3 is 2.58 bits per heavy atom. The van der Waals surface area contributed by atoms with Crippen LogP contribution >= 0.6 is 24.0 Å². The average Bonchev–Trinajstić information content (AvgIpc) is 2.77. The van der Waals surface area contributed by atoms with E-state index in [1.54, 1.807) is 14.2 Å². The summed E-state index contributed by atoms with van der Waals surface area (Å²) in [5.41, 5.74) is 4.04. The molecule has 31 heavy (non-hydrogen) atoms. The largest absolute Gasteiger partial charge is 0.496 e. The van der Waals surface area contributed by atoms with Crippen LogP contribution in [-0.2, 0) is 13.0 Å². The summed E-state index contributed by atoms with van der Waals surface area (Å²) in [7, 11) is 3.44. The molecule has 3 N–H and O–H groups in total. The first-order valence-electron chi connectivity index (χ1n) is 10.4. The van der Waals surface area contributed by atoms with Crippen LogP contribution < -0.4 is 20.7 Å². The van der Waals surface area contributed by atoms with E-state index < -0.39 is 0 Å². The summed E-state index contributed by atoms with van der Waals surface area (Å²) >= 11 is 0. The van der Waals surface area contributed by atoms with Crippen molar-refractivity contribution >= 4 is 35.8 Å². The molecule has 0 aromatic heterocycles. The maximum Gasteiger partial charge on any atom is 0.251 e. The summed E-state index contributed by atoms with van der Waals surface area (Å²) < 4.78 is 5.39. The molecule has 0 aliphatic heterocycles. The Hall–Kier alpha value is -2.29. The van der Waals surface area contributed by atoms with Gasteiger partial charge in [0.05, 0.1) is 7.11 Å². The van der Waals surface area contributed by atoms with Crippen molar-refractivity contribution in [3.63, 3.8) is 0 Å². The maximum absolute atomic E-state index is 12.3. The third kappa shape index (κ3) is 8.77. The fraction of sp³-hybridized carbons (Fsp3) is 0.417. The smallest absolute Gasteiger partial charge is 0.251 e. The Kier molecular flexibility index (Phi) is 12.0. The van der Waals surface area contributed by atoms with Crippen LogP contribution in [0.4, 0.5) is 0 Å². The van der Waals surface area contributed by atoms with Crippen molar-refractivity contribution in [2.75, 3.05) is 20.7 Å². The van der Waals surface area contributed by atoms with E-state index in [4.69, 9.17) is 4.74 Å². The second kappa shape index (κ2) is 13.9. The number of aliphatic imine (C=N–C) groups is 1. The molecule has 1 amide bonds. The molecule has 0 bridgehead atoms. The van der Waals surface area contributed by atoms with Crippen LogP contribution in [0.2, 0.25) is 0 Å². The summed E-state index contributed by atoms with van der Waals surface area (Å²) in [6, 6.07) is 14.1. The lowest BCUT2D eigenvalue weighted by atomic mass is 10.1. The SMILES string of the molecule is CCC(C)NC(=O)c1cccc(CNC(=NC)NCCc2ccc(C)c(OC)c2)c1.I. The Bertz CT molecular complexity index is 870. The number of halogens is 1. The number of hydrogen-bond acceptors (Lipinski definition) is 3. The second-order valence-corrected chi connectivity index (χ2v) is 7.39. The molecule has 1 unspecified atom stereocenters. The van der Waals surface area contributed by atoms with Crippen molar-refractivity contribution in [2.45, 2.75) is 46.2 Å². The zero-order valence-corrected chi connectivity index (χ0v) is 21.4. The zero-order valence-electron chi connectivity index (χ0n) is 19.1. The summed E-state index contributed by atoms with van der Waals surface area (Å²) in [5.74, 6) is 1.60. The van der Waals surface area contributed by atoms with Gasteiger partial charge in [-0.3, -0.25) is 9.79 Å². The van der Waals surface area contributed by atoms with Crippen molar-refractivity contribution in [2.24, 2.45) is 4.99 Å². The van der Waals surface area contributed by atoms with Crippen LogP contribution in [0.1, 0.15) is 47.3 Å². The van der Waals surface area contributed by atoms with Gasteiger partial charge in [0, 0.05) is 31.7 Å². The molecular weight excluding hydrogens is 503 g/mol. The number of methoxy groups -OCH3 is 1. The predicted octanol–water partition coefficient (Wildman–Crippen LogP) is 4.06. The number of aryl methyl sites for hydroxylation is 1. The van der Waals surface area contributed by atoms with E-state index in [1.165, 1.54) is 5.56 Å². The van der Waals surface area contributed by atoms with Gasteiger partial charge < -0.3 is 20.7 Å². The van der Waals surface area contributed by atoms with Gasteiger partial charge in [-0.05, 0) is 61.6 Å². The number of carbonyl (C=O) groups is 1. The fourth-order valence-electron chi connectivity index (χ4n) is 2.98. The van der Waals surface area contributed by atoms with Crippen LogP contribution in [0.25, 0.3) is 0 Å². The number of hydrogen-bond donors (Lipinski definition) is 3. The first kappa shape index (κ1) is 26.7. The van der Waals surface area contributed by atoms with Gasteiger partial charge in [-0.15, -0.1) is 24.0 Å². The molecule has 170 valence electrons. The highest BCUT2D eigenvalue weighted by molar-refractivity contribution is 14.0. The van der Waals surface area contributed by atoms with Gasteiger partial charge in [0.15, 0.2) is 5.96 Å². The molecule has 0 saturated heterocycles. The number of ether oxygens (including phenoxy) is 1. The van der Waals surface area contributed by atoms with Crippen LogP contribution in [0.15, 0.2) is 47.5 Å². The van der Waals surface area contributed by atoms with Gasteiger partial charge in [0.1, 0.15) is 5.75 Å². The monoisotopic (exact) mass is 538 g/mol. The van der Waals surface area contributed by atoms with E-state index in [9.17, 15) is 4.79 Å². The average molecular weight is 538 g/mol. The molecule has 2 aromatic carbocycles. The summed E-state index contributed by atoms with van der Waals surface area (Å²) in [5, 5.41) is 9.63. The minimum absolute atomic E-state index is 0. The number of rotatable bonds is 9. The molecule has 2 rings (SSSR count). The van der Waals surface area contributed by atoms with E-state index in [0.717, 1.165) is 42.2 Å². The number of benzene rings is 2. The molecule has 0 heterocycles. The van der Waals surface area contributed by atoms with Crippen molar-refractivity contribution in [3.05, 3.63) is 64.7 Å². The lowest BCUT2D eigenvalue weighted by molar-refractivity contribution is 0.0939. The third-order valence-corrected chi connectivity index (χ3v) is 5.04. The predicted molar refractivity (Wildman–Crippen MR) is 139 cm³/mol. The number of amides is 1.